The van der Waals surface area contributed by atoms with E-state index in [-0.39, 0.29) is 17.1 Å². The first-order valence-electron chi connectivity index (χ1n) is 11.7. The van der Waals surface area contributed by atoms with Crippen molar-refractivity contribution in [1.29, 1.82) is 0 Å². The molecule has 0 spiro atoms. The summed E-state index contributed by atoms with van der Waals surface area (Å²) in [6, 6.07) is 10.3. The number of benzene rings is 3. The fourth-order valence-corrected chi connectivity index (χ4v) is 4.50. The van der Waals surface area contributed by atoms with Gasteiger partial charge in [-0.25, -0.2) is 9.59 Å². The molecule has 5 rings (SSSR count). The number of aliphatic carboxylic acids is 1. The Morgan fingerprint density at radius 2 is 1.52 bits per heavy atom. The molecule has 10 nitrogen and oxygen atoms in total. The van der Waals surface area contributed by atoms with Gasteiger partial charge in [-0.15, -0.1) is 0 Å². The average Bonchev–Trinajstić information content (AvgIpc) is 3.22. The van der Waals surface area contributed by atoms with Gasteiger partial charge in [0.05, 0.1) is 30.6 Å². The predicted octanol–water partition coefficient (Wildman–Crippen LogP) is 4.68. The van der Waals surface area contributed by atoms with Crippen LogP contribution in [0.15, 0.2) is 45.6 Å². The van der Waals surface area contributed by atoms with E-state index in [2.05, 4.69) is 9.47 Å². The summed E-state index contributed by atoms with van der Waals surface area (Å²) >= 11 is 0. The number of phenols is 2. The van der Waals surface area contributed by atoms with Crippen LogP contribution in [-0.4, -0.2) is 71.8 Å². The molecule has 0 aliphatic heterocycles. The third-order valence-corrected chi connectivity index (χ3v) is 6.29. The number of hydrogen-bond acceptors (Lipinski definition) is 8. The molecule has 13 heteroatoms. The van der Waals surface area contributed by atoms with E-state index in [4.69, 9.17) is 23.8 Å². The molecule has 3 N–H and O–H groups in total. The summed E-state index contributed by atoms with van der Waals surface area (Å²) in [5.41, 5.74) is 1.34. The van der Waals surface area contributed by atoms with Crippen molar-refractivity contribution in [3.05, 3.63) is 46.8 Å². The fourth-order valence-electron chi connectivity index (χ4n) is 4.50. The van der Waals surface area contributed by atoms with Crippen molar-refractivity contribution >= 4 is 49.5 Å². The second-order valence-electron chi connectivity index (χ2n) is 9.10. The summed E-state index contributed by atoms with van der Waals surface area (Å²) in [6.45, 7) is 1.32. The van der Waals surface area contributed by atoms with Gasteiger partial charge in [-0.1, -0.05) is 12.1 Å². The van der Waals surface area contributed by atoms with E-state index in [0.717, 1.165) is 28.2 Å². The maximum atomic E-state index is 13.2. The van der Waals surface area contributed by atoms with Crippen LogP contribution in [0.1, 0.15) is 0 Å². The van der Waals surface area contributed by atoms with E-state index in [1.807, 2.05) is 26.2 Å². The third-order valence-electron chi connectivity index (χ3n) is 6.29. The van der Waals surface area contributed by atoms with Gasteiger partial charge < -0.3 is 38.7 Å². The number of methoxy groups -OCH3 is 2. The molecule has 2 heterocycles. The minimum atomic E-state index is -5.08. The molecule has 0 saturated heterocycles. The zero-order valence-electron chi connectivity index (χ0n) is 21.8. The van der Waals surface area contributed by atoms with Crippen LogP contribution in [-0.2, 0) is 11.3 Å². The number of rotatable bonds is 5. The van der Waals surface area contributed by atoms with Crippen LogP contribution in [0, 0.1) is 0 Å². The number of ether oxygens (including phenoxy) is 2. The summed E-state index contributed by atoms with van der Waals surface area (Å²) in [4.78, 5) is 24.1. The second kappa shape index (κ2) is 10.5. The van der Waals surface area contributed by atoms with Gasteiger partial charge in [0, 0.05) is 35.3 Å². The van der Waals surface area contributed by atoms with Gasteiger partial charge in [0.2, 0.25) is 0 Å². The van der Waals surface area contributed by atoms with Crippen molar-refractivity contribution in [2.45, 2.75) is 12.7 Å². The highest BCUT2D eigenvalue weighted by Gasteiger charge is 2.38. The smallest absolute Gasteiger partial charge is 0.490 e. The van der Waals surface area contributed by atoms with Gasteiger partial charge in [0.1, 0.15) is 5.58 Å². The lowest BCUT2D eigenvalue weighted by Gasteiger charge is -2.15. The number of likely N-dealkylation sites (N-methyl/N-ethyl adjacent to an activating group) is 1. The Hall–Kier alpha value is -4.65. The van der Waals surface area contributed by atoms with Gasteiger partial charge in [-0.05, 0) is 37.7 Å². The standard InChI is InChI=1S/C25H24N2O6.C2HF3O2/c1-26(2)7-8-27-23-14(6-5-13-9-17(28)20(31-3)10-15(13)23)22-24(27)16-11-21(32-4)18(29)12-19(16)33-25(22)30;3-2(4,5)1(6)7/h5-6,9-12,28-29H,7-8H2,1-4H3;(H,6,7). The Bertz CT molecular complexity index is 1820. The summed E-state index contributed by atoms with van der Waals surface area (Å²) < 4.78 is 50.1. The van der Waals surface area contributed by atoms with Crippen LogP contribution in [0.3, 0.4) is 0 Å². The minimum Gasteiger partial charge on any atom is -0.504 e. The maximum absolute atomic E-state index is 13.2. The first kappa shape index (κ1) is 28.4. The fraction of sp³-hybridized carbons (Fsp3) is 0.259. The van der Waals surface area contributed by atoms with Crippen molar-refractivity contribution in [1.82, 2.24) is 9.47 Å². The van der Waals surface area contributed by atoms with Crippen LogP contribution < -0.4 is 15.1 Å². The number of alkyl halides is 3. The van der Waals surface area contributed by atoms with Crippen molar-refractivity contribution in [2.24, 2.45) is 0 Å². The van der Waals surface area contributed by atoms with Gasteiger partial charge in [-0.3, -0.25) is 0 Å². The molecule has 0 fully saturated rings. The quantitative estimate of drug-likeness (QED) is 0.261. The Morgan fingerprint density at radius 1 is 0.950 bits per heavy atom. The van der Waals surface area contributed by atoms with Crippen LogP contribution in [0.2, 0.25) is 0 Å². The van der Waals surface area contributed by atoms with Crippen LogP contribution in [0.4, 0.5) is 13.2 Å². The highest BCUT2D eigenvalue weighted by atomic mass is 19.4. The Balaban J connectivity index is 0.000000470. The van der Waals surface area contributed by atoms with Crippen LogP contribution >= 0.6 is 0 Å². The van der Waals surface area contributed by atoms with Gasteiger partial charge in [0.25, 0.3) is 0 Å². The first-order valence-corrected chi connectivity index (χ1v) is 11.7. The monoisotopic (exact) mass is 562 g/mol. The number of carbonyl (C=O) groups is 1. The molecular formula is C27H25F3N2O8. The number of nitrogens with zero attached hydrogens (tertiary/aromatic N) is 2. The van der Waals surface area contributed by atoms with E-state index in [1.54, 1.807) is 18.2 Å². The summed E-state index contributed by atoms with van der Waals surface area (Å²) in [5, 5.41) is 31.2. The SMILES string of the molecule is COc1cc2c(ccc3c4c(=O)oc5cc(O)c(OC)cc5c4n(CCN(C)C)c23)cc1O.O=C(O)C(F)(F)F. The van der Waals surface area contributed by atoms with E-state index in [1.165, 1.54) is 20.3 Å². The highest BCUT2D eigenvalue weighted by molar-refractivity contribution is 6.22. The molecule has 0 aliphatic rings. The van der Waals surface area contributed by atoms with E-state index in [0.29, 0.717) is 34.3 Å². The normalized spacial score (nSPS) is 11.8. The van der Waals surface area contributed by atoms with Crippen LogP contribution in [0.25, 0.3) is 43.5 Å². The number of carboxylic acids is 1. The molecule has 0 saturated carbocycles. The van der Waals surface area contributed by atoms with Gasteiger partial charge in [0.15, 0.2) is 23.0 Å². The van der Waals surface area contributed by atoms with Crippen molar-refractivity contribution < 1.29 is 47.2 Å². The summed E-state index contributed by atoms with van der Waals surface area (Å²) in [7, 11) is 6.95. The Morgan fingerprint density at radius 3 is 2.08 bits per heavy atom. The van der Waals surface area contributed by atoms with Crippen molar-refractivity contribution in [3.8, 4) is 23.0 Å². The molecule has 0 bridgehead atoms. The summed E-state index contributed by atoms with van der Waals surface area (Å²) in [6.07, 6.45) is -5.08. The molecule has 3 aromatic carbocycles. The number of fused-ring (bicyclic) bond motifs is 7. The first-order chi connectivity index (χ1) is 18.8. The predicted molar refractivity (Wildman–Crippen MR) is 142 cm³/mol. The van der Waals surface area contributed by atoms with Crippen molar-refractivity contribution in [3.63, 3.8) is 0 Å². The lowest BCUT2D eigenvalue weighted by molar-refractivity contribution is -0.192. The molecule has 0 atom stereocenters. The van der Waals surface area contributed by atoms with Crippen molar-refractivity contribution in [2.75, 3.05) is 34.9 Å². The number of carboxylic acid groups (broad SMARTS) is 1. The lowest BCUT2D eigenvalue weighted by Crippen LogP contribution is -2.21. The van der Waals surface area contributed by atoms with Gasteiger partial charge >= 0.3 is 17.8 Å². The molecule has 0 aliphatic carbocycles. The molecule has 0 amide bonds. The highest BCUT2D eigenvalue weighted by Crippen LogP contribution is 2.41. The van der Waals surface area contributed by atoms with E-state index >= 15 is 0 Å². The van der Waals surface area contributed by atoms with Gasteiger partial charge in [-0.2, -0.15) is 13.2 Å². The minimum absolute atomic E-state index is 0.0467. The zero-order chi connectivity index (χ0) is 29.5. The Kier molecular flexibility index (Phi) is 7.44. The molecule has 5 aromatic rings. The molecule has 0 unspecified atom stereocenters. The second-order valence-corrected chi connectivity index (χ2v) is 9.10. The Labute approximate surface area is 223 Å². The molecule has 0 radical (unpaired) electrons. The van der Waals surface area contributed by atoms with E-state index in [9.17, 15) is 28.2 Å². The number of hydrogen-bond donors (Lipinski definition) is 3. The number of halogens is 3. The van der Waals surface area contributed by atoms with E-state index < -0.39 is 17.8 Å². The number of aromatic nitrogens is 1. The molecular weight excluding hydrogens is 537 g/mol. The molecule has 2 aromatic heterocycles. The van der Waals surface area contributed by atoms with Crippen LogP contribution in [0.5, 0.6) is 23.0 Å². The average molecular weight is 562 g/mol. The largest absolute Gasteiger partial charge is 0.504 e. The summed E-state index contributed by atoms with van der Waals surface area (Å²) in [5.74, 6) is -2.17. The zero-order valence-corrected chi connectivity index (χ0v) is 21.8. The maximum Gasteiger partial charge on any atom is 0.490 e. The number of aromatic hydroxyl groups is 2. The number of phenolic OH excluding ortho intramolecular Hbond substituents is 2. The molecule has 40 heavy (non-hydrogen) atoms. The third kappa shape index (κ3) is 5.02. The lowest BCUT2D eigenvalue weighted by atomic mass is 10.0. The molecule has 212 valence electrons. The topological polar surface area (TPSA) is 135 Å².